The molecule has 1 aromatic heterocycles. The predicted molar refractivity (Wildman–Crippen MR) is 162 cm³/mol. The highest BCUT2D eigenvalue weighted by atomic mass is 35.5. The molecule has 40 heavy (non-hydrogen) atoms. The number of nitrogens with one attached hydrogen (secondary N) is 1. The Bertz CT molecular complexity index is 1500. The van der Waals surface area contributed by atoms with Crippen LogP contribution >= 0.6 is 23.2 Å². The lowest BCUT2D eigenvalue weighted by atomic mass is 9.87. The highest BCUT2D eigenvalue weighted by Crippen LogP contribution is 2.43. The van der Waals surface area contributed by atoms with E-state index >= 15 is 0 Å². The fourth-order valence-corrected chi connectivity index (χ4v) is 6.50. The number of halogens is 3. The molecular weight excluding hydrogens is 544 g/mol. The number of hydrogen-bond acceptors (Lipinski definition) is 3. The molecule has 7 heteroatoms. The normalized spacial score (nSPS) is 17.6. The van der Waals surface area contributed by atoms with E-state index in [0.29, 0.717) is 16.5 Å². The predicted octanol–water partition coefficient (Wildman–Crippen LogP) is 8.49. The van der Waals surface area contributed by atoms with Gasteiger partial charge in [0, 0.05) is 41.4 Å². The third kappa shape index (κ3) is 5.83. The summed E-state index contributed by atoms with van der Waals surface area (Å²) in [4.78, 5) is 2.28. The summed E-state index contributed by atoms with van der Waals surface area (Å²) >= 11 is 13.0. The minimum atomic E-state index is -0.268. The lowest BCUT2D eigenvalue weighted by Crippen LogP contribution is -2.26. The fraction of sp³-hybridized carbons (Fsp3) is 0.303. The number of benzene rings is 3. The van der Waals surface area contributed by atoms with Gasteiger partial charge < -0.3 is 4.74 Å². The number of alkyl halides is 1. The van der Waals surface area contributed by atoms with Crippen LogP contribution in [0.15, 0.2) is 73.1 Å². The molecule has 1 N–H and O–H groups in total. The number of allylic oxidation sites excluding steroid dienone is 1. The summed E-state index contributed by atoms with van der Waals surface area (Å²) in [5.74, 6) is 0.858. The number of nitrogens with zero attached hydrogens (tertiary/aromatic N) is 2. The van der Waals surface area contributed by atoms with Crippen LogP contribution < -0.4 is 4.74 Å². The standard InChI is InChI=1S/C33H32Cl2FN3O/c34-26-8-12-30(32(35)18-26)31-4-1-3-24-17-23(25-19-37-38-20-25)7-11-29(24)33(31)22-5-9-27(10-6-22)40-28-13-16-39(21-28)15-2-14-36/h5-12,17-20,28H,1-4,13-16,21H2,(H,37,38). The van der Waals surface area contributed by atoms with Crippen LogP contribution in [0.3, 0.4) is 0 Å². The first-order valence-corrected chi connectivity index (χ1v) is 14.7. The smallest absolute Gasteiger partial charge is 0.119 e. The average molecular weight is 577 g/mol. The van der Waals surface area contributed by atoms with E-state index in [1.54, 1.807) is 0 Å². The van der Waals surface area contributed by atoms with Crippen molar-refractivity contribution >= 4 is 34.3 Å². The Labute approximate surface area is 244 Å². The van der Waals surface area contributed by atoms with Crippen LogP contribution in [-0.4, -0.2) is 47.5 Å². The molecule has 0 spiro atoms. The van der Waals surface area contributed by atoms with Gasteiger partial charge in [-0.05, 0) is 95.3 Å². The van der Waals surface area contributed by atoms with Gasteiger partial charge >= 0.3 is 0 Å². The van der Waals surface area contributed by atoms with Crippen molar-refractivity contribution in [2.75, 3.05) is 26.3 Å². The van der Waals surface area contributed by atoms with Crippen molar-refractivity contribution in [1.29, 1.82) is 0 Å². The number of rotatable bonds is 8. The van der Waals surface area contributed by atoms with Crippen LogP contribution in [0.5, 0.6) is 5.75 Å². The zero-order valence-corrected chi connectivity index (χ0v) is 23.8. The largest absolute Gasteiger partial charge is 0.489 e. The van der Waals surface area contributed by atoms with E-state index in [2.05, 4.69) is 57.6 Å². The van der Waals surface area contributed by atoms with Crippen molar-refractivity contribution in [3.05, 3.63) is 105 Å². The molecule has 1 unspecified atom stereocenters. The van der Waals surface area contributed by atoms with Crippen molar-refractivity contribution in [3.63, 3.8) is 0 Å². The zero-order valence-electron chi connectivity index (χ0n) is 22.3. The van der Waals surface area contributed by atoms with Gasteiger partial charge in [-0.15, -0.1) is 0 Å². The maximum atomic E-state index is 12.6. The first-order valence-electron chi connectivity index (χ1n) is 14.0. The van der Waals surface area contributed by atoms with Crippen LogP contribution in [0.2, 0.25) is 10.0 Å². The fourth-order valence-electron chi connectivity index (χ4n) is 5.98. The third-order valence-corrected chi connectivity index (χ3v) is 8.47. The number of aryl methyl sites for hydroxylation is 1. The van der Waals surface area contributed by atoms with Crippen LogP contribution in [0.1, 0.15) is 47.9 Å². The Balaban J connectivity index is 1.36. The van der Waals surface area contributed by atoms with Gasteiger partial charge in [-0.2, -0.15) is 5.10 Å². The Morgan fingerprint density at radius 1 is 0.950 bits per heavy atom. The third-order valence-electron chi connectivity index (χ3n) is 7.92. The van der Waals surface area contributed by atoms with Crippen molar-refractivity contribution in [1.82, 2.24) is 15.1 Å². The van der Waals surface area contributed by atoms with Crippen LogP contribution in [0.25, 0.3) is 22.3 Å². The topological polar surface area (TPSA) is 41.1 Å². The Morgan fingerprint density at radius 2 is 1.77 bits per heavy atom. The van der Waals surface area contributed by atoms with Gasteiger partial charge in [-0.1, -0.05) is 59.6 Å². The molecule has 1 aliphatic carbocycles. The second kappa shape index (κ2) is 12.2. The number of likely N-dealkylation sites (tertiary alicyclic amines) is 1. The second-order valence-corrected chi connectivity index (χ2v) is 11.4. The lowest BCUT2D eigenvalue weighted by molar-refractivity contribution is 0.198. The summed E-state index contributed by atoms with van der Waals surface area (Å²) in [5.41, 5.74) is 9.34. The Hall–Kier alpha value is -3.12. The van der Waals surface area contributed by atoms with Crippen molar-refractivity contribution in [2.45, 2.75) is 38.2 Å². The van der Waals surface area contributed by atoms with Gasteiger partial charge in [0.25, 0.3) is 0 Å². The zero-order chi connectivity index (χ0) is 27.5. The number of ether oxygens (including phenoxy) is 1. The molecule has 0 bridgehead atoms. The van der Waals surface area contributed by atoms with Crippen molar-refractivity contribution < 1.29 is 9.13 Å². The van der Waals surface area contributed by atoms with E-state index in [9.17, 15) is 4.39 Å². The van der Waals surface area contributed by atoms with Crippen LogP contribution in [0.4, 0.5) is 4.39 Å². The van der Waals surface area contributed by atoms with Gasteiger partial charge in [0.2, 0.25) is 0 Å². The molecule has 4 aromatic rings. The van der Waals surface area contributed by atoms with E-state index in [4.69, 9.17) is 27.9 Å². The molecule has 4 nitrogen and oxygen atoms in total. The minimum Gasteiger partial charge on any atom is -0.489 e. The molecule has 206 valence electrons. The molecule has 2 heterocycles. The molecule has 0 saturated carbocycles. The first kappa shape index (κ1) is 27.1. The van der Waals surface area contributed by atoms with E-state index in [1.807, 2.05) is 30.6 Å². The quantitative estimate of drug-likeness (QED) is 0.229. The summed E-state index contributed by atoms with van der Waals surface area (Å²) in [5, 5.41) is 8.35. The molecule has 0 amide bonds. The molecule has 1 saturated heterocycles. The summed E-state index contributed by atoms with van der Waals surface area (Å²) in [6, 6.07) is 20.9. The average Bonchev–Trinajstić information content (AvgIpc) is 3.62. The lowest BCUT2D eigenvalue weighted by Gasteiger charge is -2.19. The van der Waals surface area contributed by atoms with Crippen molar-refractivity contribution in [3.8, 4) is 16.9 Å². The highest BCUT2D eigenvalue weighted by Gasteiger charge is 2.25. The molecular formula is C33H32Cl2FN3O. The molecule has 1 aliphatic heterocycles. The van der Waals surface area contributed by atoms with E-state index in [1.165, 1.54) is 22.3 Å². The number of aromatic nitrogens is 2. The summed E-state index contributed by atoms with van der Waals surface area (Å²) in [6.45, 7) is 2.33. The molecule has 2 aliphatic rings. The Kier molecular flexibility index (Phi) is 8.24. The number of aromatic amines is 1. The van der Waals surface area contributed by atoms with Gasteiger partial charge in [-0.3, -0.25) is 14.4 Å². The number of hydrogen-bond donors (Lipinski definition) is 1. The second-order valence-electron chi connectivity index (χ2n) is 10.6. The number of fused-ring (bicyclic) bond motifs is 1. The molecule has 1 fully saturated rings. The number of H-pyrrole nitrogens is 1. The maximum Gasteiger partial charge on any atom is 0.119 e. The molecule has 1 atom stereocenters. The SMILES string of the molecule is FCCCN1CCC(Oc2ccc(C3=C(c4ccc(Cl)cc4Cl)CCCc4cc(-c5cn[nH]c5)ccc43)cc2)C1. The highest BCUT2D eigenvalue weighted by molar-refractivity contribution is 6.36. The summed E-state index contributed by atoms with van der Waals surface area (Å²) in [6.07, 6.45) is 8.36. The monoisotopic (exact) mass is 575 g/mol. The van der Waals surface area contributed by atoms with E-state index in [-0.39, 0.29) is 12.8 Å². The molecule has 0 radical (unpaired) electrons. The van der Waals surface area contributed by atoms with Gasteiger partial charge in [0.05, 0.1) is 12.9 Å². The summed E-state index contributed by atoms with van der Waals surface area (Å²) in [7, 11) is 0. The molecule has 3 aromatic carbocycles. The van der Waals surface area contributed by atoms with Gasteiger partial charge in [0.15, 0.2) is 0 Å². The maximum absolute atomic E-state index is 12.6. The van der Waals surface area contributed by atoms with Crippen molar-refractivity contribution in [2.24, 2.45) is 0 Å². The minimum absolute atomic E-state index is 0.132. The van der Waals surface area contributed by atoms with Crippen LogP contribution in [-0.2, 0) is 6.42 Å². The van der Waals surface area contributed by atoms with Crippen LogP contribution in [0, 0.1) is 0 Å². The summed E-state index contributed by atoms with van der Waals surface area (Å²) < 4.78 is 18.9. The van der Waals surface area contributed by atoms with Gasteiger partial charge in [0.1, 0.15) is 11.9 Å². The van der Waals surface area contributed by atoms with E-state index < -0.39 is 0 Å². The Morgan fingerprint density at radius 3 is 2.55 bits per heavy atom. The van der Waals surface area contributed by atoms with E-state index in [0.717, 1.165) is 73.3 Å². The van der Waals surface area contributed by atoms with Gasteiger partial charge in [-0.25, -0.2) is 0 Å². The first-order chi connectivity index (χ1) is 19.6. The molecule has 6 rings (SSSR count).